The Kier molecular flexibility index (Phi) is 6.01. The summed E-state index contributed by atoms with van der Waals surface area (Å²) in [6.07, 6.45) is 2.46. The lowest BCUT2D eigenvalue weighted by molar-refractivity contribution is -0.136. The molecule has 0 amide bonds. The van der Waals surface area contributed by atoms with Crippen molar-refractivity contribution >= 4 is 15.8 Å². The molecule has 0 aliphatic rings. The summed E-state index contributed by atoms with van der Waals surface area (Å²) >= 11 is 0. The zero-order valence-corrected chi connectivity index (χ0v) is 12.5. The van der Waals surface area contributed by atoms with E-state index in [2.05, 4.69) is 0 Å². The summed E-state index contributed by atoms with van der Waals surface area (Å²) in [6, 6.07) is 5.78. The molecule has 1 N–H and O–H groups in total. The van der Waals surface area contributed by atoms with Gasteiger partial charge >= 0.3 is 5.97 Å². The van der Waals surface area contributed by atoms with Gasteiger partial charge in [0.2, 0.25) is 0 Å². The summed E-state index contributed by atoms with van der Waals surface area (Å²) in [6.45, 7) is 1.98. The number of benzene rings is 1. The Morgan fingerprint density at radius 1 is 1.25 bits per heavy atom. The summed E-state index contributed by atoms with van der Waals surface area (Å²) in [4.78, 5) is 11.2. The van der Waals surface area contributed by atoms with Crippen LogP contribution in [0.5, 0.6) is 5.75 Å². The second-order valence-electron chi connectivity index (χ2n) is 4.54. The molecular weight excluding hydrogens is 280 g/mol. The lowest BCUT2D eigenvalue weighted by Crippen LogP contribution is -2.30. The normalized spacial score (nSPS) is 12.9. The molecule has 0 fully saturated rings. The number of unbranched alkanes of at least 4 members (excludes halogenated alkanes) is 2. The molecule has 0 bridgehead atoms. The SMILES string of the molecule is CCCCCC(C(=O)O)S(=O)(=O)c1ccc(OC)cc1. The van der Waals surface area contributed by atoms with Gasteiger partial charge in [0.1, 0.15) is 5.75 Å². The van der Waals surface area contributed by atoms with Crippen LogP contribution < -0.4 is 4.74 Å². The number of carbonyl (C=O) groups is 1. The fourth-order valence-corrected chi connectivity index (χ4v) is 3.51. The minimum atomic E-state index is -3.86. The number of carboxylic acid groups (broad SMARTS) is 1. The van der Waals surface area contributed by atoms with Crippen molar-refractivity contribution < 1.29 is 23.1 Å². The van der Waals surface area contributed by atoms with E-state index in [0.717, 1.165) is 12.8 Å². The van der Waals surface area contributed by atoms with Gasteiger partial charge in [-0.3, -0.25) is 4.79 Å². The van der Waals surface area contributed by atoms with E-state index in [1.165, 1.54) is 31.4 Å². The number of methoxy groups -OCH3 is 1. The van der Waals surface area contributed by atoms with Crippen molar-refractivity contribution in [3.05, 3.63) is 24.3 Å². The van der Waals surface area contributed by atoms with E-state index >= 15 is 0 Å². The van der Waals surface area contributed by atoms with Crippen LogP contribution in [0.25, 0.3) is 0 Å². The van der Waals surface area contributed by atoms with Crippen LogP contribution in [0.1, 0.15) is 32.6 Å². The predicted octanol–water partition coefficient (Wildman–Crippen LogP) is 2.50. The Morgan fingerprint density at radius 3 is 2.30 bits per heavy atom. The molecule has 5 nitrogen and oxygen atoms in total. The predicted molar refractivity (Wildman–Crippen MR) is 75.7 cm³/mol. The van der Waals surface area contributed by atoms with Crippen LogP contribution in [0.2, 0.25) is 0 Å². The highest BCUT2D eigenvalue weighted by Gasteiger charge is 2.33. The molecule has 0 aromatic heterocycles. The second-order valence-corrected chi connectivity index (χ2v) is 6.67. The summed E-state index contributed by atoms with van der Waals surface area (Å²) in [5.74, 6) is -0.765. The third kappa shape index (κ3) is 3.96. The maximum Gasteiger partial charge on any atom is 0.322 e. The number of hydrogen-bond donors (Lipinski definition) is 1. The Morgan fingerprint density at radius 2 is 1.85 bits per heavy atom. The molecule has 1 rings (SSSR count). The van der Waals surface area contributed by atoms with E-state index in [1.54, 1.807) is 0 Å². The maximum absolute atomic E-state index is 12.3. The van der Waals surface area contributed by atoms with E-state index in [0.29, 0.717) is 12.2 Å². The average molecular weight is 300 g/mol. The largest absolute Gasteiger partial charge is 0.497 e. The topological polar surface area (TPSA) is 80.7 Å². The Hall–Kier alpha value is -1.56. The van der Waals surface area contributed by atoms with Crippen LogP contribution in [0.15, 0.2) is 29.2 Å². The van der Waals surface area contributed by atoms with Gasteiger partial charge in [-0.25, -0.2) is 8.42 Å². The van der Waals surface area contributed by atoms with E-state index in [1.807, 2.05) is 6.92 Å². The van der Waals surface area contributed by atoms with Crippen molar-refractivity contribution in [1.29, 1.82) is 0 Å². The minimum Gasteiger partial charge on any atom is -0.497 e. The number of hydrogen-bond acceptors (Lipinski definition) is 4. The van der Waals surface area contributed by atoms with E-state index in [9.17, 15) is 13.2 Å². The van der Waals surface area contributed by atoms with Crippen LogP contribution in [-0.4, -0.2) is 31.9 Å². The minimum absolute atomic E-state index is 0.0159. The van der Waals surface area contributed by atoms with Crippen molar-refractivity contribution in [3.8, 4) is 5.75 Å². The highest BCUT2D eigenvalue weighted by molar-refractivity contribution is 7.92. The molecule has 1 atom stereocenters. The third-order valence-electron chi connectivity index (χ3n) is 3.11. The Labute approximate surface area is 119 Å². The molecule has 0 spiro atoms. The highest BCUT2D eigenvalue weighted by atomic mass is 32.2. The van der Waals surface area contributed by atoms with Gasteiger partial charge in [-0.1, -0.05) is 26.2 Å². The molecule has 20 heavy (non-hydrogen) atoms. The highest BCUT2D eigenvalue weighted by Crippen LogP contribution is 2.23. The number of rotatable bonds is 8. The Balaban J connectivity index is 2.99. The molecule has 0 saturated carbocycles. The van der Waals surface area contributed by atoms with E-state index in [4.69, 9.17) is 9.84 Å². The standard InChI is InChI=1S/C14H20O5S/c1-3-4-5-6-13(14(15)16)20(17,18)12-9-7-11(19-2)8-10-12/h7-10,13H,3-6H2,1-2H3,(H,15,16). The van der Waals surface area contributed by atoms with Gasteiger partial charge in [0.15, 0.2) is 15.1 Å². The lowest BCUT2D eigenvalue weighted by Gasteiger charge is -2.13. The number of sulfone groups is 1. The van der Waals surface area contributed by atoms with Crippen molar-refractivity contribution in [1.82, 2.24) is 0 Å². The van der Waals surface area contributed by atoms with Gasteiger partial charge in [-0.2, -0.15) is 0 Å². The summed E-state index contributed by atoms with van der Waals surface area (Å²) < 4.78 is 29.7. The number of aliphatic carboxylic acids is 1. The first-order valence-electron chi connectivity index (χ1n) is 6.54. The smallest absolute Gasteiger partial charge is 0.322 e. The molecule has 0 saturated heterocycles. The van der Waals surface area contributed by atoms with Crippen molar-refractivity contribution in [2.24, 2.45) is 0 Å². The van der Waals surface area contributed by atoms with E-state index in [-0.39, 0.29) is 11.3 Å². The molecule has 1 unspecified atom stereocenters. The molecule has 6 heteroatoms. The lowest BCUT2D eigenvalue weighted by atomic mass is 10.1. The second kappa shape index (κ2) is 7.28. The molecule has 0 heterocycles. The van der Waals surface area contributed by atoms with Crippen LogP contribution >= 0.6 is 0 Å². The number of carboxylic acids is 1. The average Bonchev–Trinajstić information content (AvgIpc) is 2.43. The molecule has 0 aliphatic heterocycles. The molecule has 112 valence electrons. The quantitative estimate of drug-likeness (QED) is 0.746. The van der Waals surface area contributed by atoms with Crippen LogP contribution in [0.4, 0.5) is 0 Å². The van der Waals surface area contributed by atoms with Gasteiger partial charge in [0.25, 0.3) is 0 Å². The molecule has 0 aliphatic carbocycles. The fraction of sp³-hybridized carbons (Fsp3) is 0.500. The zero-order valence-electron chi connectivity index (χ0n) is 11.7. The summed E-state index contributed by atoms with van der Waals surface area (Å²) in [5.41, 5.74) is 0. The molecule has 1 aromatic rings. The van der Waals surface area contributed by atoms with Gasteiger partial charge in [-0.15, -0.1) is 0 Å². The van der Waals surface area contributed by atoms with Crippen molar-refractivity contribution in [2.75, 3.05) is 7.11 Å². The third-order valence-corrected chi connectivity index (χ3v) is 5.22. The summed E-state index contributed by atoms with van der Waals surface area (Å²) in [7, 11) is -2.38. The molecule has 1 aromatic carbocycles. The first kappa shape index (κ1) is 16.5. The van der Waals surface area contributed by atoms with Gasteiger partial charge < -0.3 is 9.84 Å². The first-order chi connectivity index (χ1) is 9.43. The fourth-order valence-electron chi connectivity index (χ4n) is 1.92. The van der Waals surface area contributed by atoms with Crippen LogP contribution in [0.3, 0.4) is 0 Å². The van der Waals surface area contributed by atoms with Gasteiger partial charge in [0.05, 0.1) is 12.0 Å². The van der Waals surface area contributed by atoms with E-state index < -0.39 is 21.1 Å². The van der Waals surface area contributed by atoms with Crippen LogP contribution in [-0.2, 0) is 14.6 Å². The summed E-state index contributed by atoms with van der Waals surface area (Å²) in [5, 5.41) is 7.78. The van der Waals surface area contributed by atoms with Crippen molar-refractivity contribution in [3.63, 3.8) is 0 Å². The Bertz CT molecular complexity index is 533. The number of ether oxygens (including phenoxy) is 1. The molecular formula is C14H20O5S. The zero-order chi connectivity index (χ0) is 15.2. The van der Waals surface area contributed by atoms with Crippen molar-refractivity contribution in [2.45, 2.75) is 42.8 Å². The maximum atomic E-state index is 12.3. The first-order valence-corrected chi connectivity index (χ1v) is 8.08. The van der Waals surface area contributed by atoms with Crippen LogP contribution in [0, 0.1) is 0 Å². The van der Waals surface area contributed by atoms with Gasteiger partial charge in [-0.05, 0) is 30.7 Å². The monoisotopic (exact) mass is 300 g/mol. The van der Waals surface area contributed by atoms with Gasteiger partial charge in [0, 0.05) is 0 Å². The molecule has 0 radical (unpaired) electrons.